The maximum atomic E-state index is 11.3. The van der Waals surface area contributed by atoms with Gasteiger partial charge in [-0.2, -0.15) is 0 Å². The van der Waals surface area contributed by atoms with Crippen molar-refractivity contribution in [2.24, 2.45) is 7.05 Å². The van der Waals surface area contributed by atoms with Crippen molar-refractivity contribution in [3.05, 3.63) is 48.2 Å². The minimum Gasteiger partial charge on any atom is -0.454 e. The van der Waals surface area contributed by atoms with Gasteiger partial charge in [-0.3, -0.25) is 0 Å². The van der Waals surface area contributed by atoms with Gasteiger partial charge in [0.25, 0.3) is 0 Å². The van der Waals surface area contributed by atoms with Gasteiger partial charge in [0.15, 0.2) is 0 Å². The van der Waals surface area contributed by atoms with Gasteiger partial charge in [0.05, 0.1) is 0 Å². The van der Waals surface area contributed by atoms with Crippen LogP contribution in [0, 0.1) is 0 Å². The van der Waals surface area contributed by atoms with Gasteiger partial charge >= 0.3 is 5.97 Å². The lowest BCUT2D eigenvalue weighted by Crippen LogP contribution is -2.35. The van der Waals surface area contributed by atoms with Crippen LogP contribution in [0.25, 0.3) is 10.9 Å². The van der Waals surface area contributed by atoms with Gasteiger partial charge in [0.2, 0.25) is 0 Å². The largest absolute Gasteiger partial charge is 0.454 e. The van der Waals surface area contributed by atoms with Crippen LogP contribution in [0.2, 0.25) is 0 Å². The van der Waals surface area contributed by atoms with Crippen molar-refractivity contribution in [1.29, 1.82) is 0 Å². The van der Waals surface area contributed by atoms with Crippen LogP contribution in [0.4, 0.5) is 0 Å². The number of carbonyl (C=O) groups is 1. The maximum absolute atomic E-state index is 11.3. The lowest BCUT2D eigenvalue weighted by atomic mass is 9.83. The van der Waals surface area contributed by atoms with Crippen molar-refractivity contribution in [1.82, 2.24) is 4.57 Å². The highest BCUT2D eigenvalue weighted by Crippen LogP contribution is 2.35. The summed E-state index contributed by atoms with van der Waals surface area (Å²) in [5.41, 5.74) is 2.10. The topological polar surface area (TPSA) is 31.2 Å². The zero-order valence-corrected chi connectivity index (χ0v) is 11.4. The molecule has 1 aromatic heterocycles. The fourth-order valence-corrected chi connectivity index (χ4v) is 2.81. The average Bonchev–Trinajstić information content (AvgIpc) is 2.95. The molecule has 1 atom stereocenters. The summed E-state index contributed by atoms with van der Waals surface area (Å²) in [7, 11) is 2.06. The van der Waals surface area contributed by atoms with Crippen LogP contribution in [0.3, 0.4) is 0 Å². The standard InChI is InChI=1S/C16H17NO2/c1-16(2,14-8-9-15(18)19-14)13-10-11-6-4-5-7-12(11)17(13)3/h4-10,14H,1-3H3. The third kappa shape index (κ3) is 1.77. The molecule has 0 amide bonds. The highest BCUT2D eigenvalue weighted by atomic mass is 16.5. The van der Waals surface area contributed by atoms with E-state index in [0.29, 0.717) is 0 Å². The van der Waals surface area contributed by atoms with E-state index in [9.17, 15) is 4.79 Å². The number of carbonyl (C=O) groups excluding carboxylic acids is 1. The van der Waals surface area contributed by atoms with E-state index in [0.717, 1.165) is 5.69 Å². The van der Waals surface area contributed by atoms with Crippen molar-refractivity contribution in [3.8, 4) is 0 Å². The summed E-state index contributed by atoms with van der Waals surface area (Å²) in [4.78, 5) is 11.3. The number of aryl methyl sites for hydroxylation is 1. The van der Waals surface area contributed by atoms with Crippen LogP contribution in [0.5, 0.6) is 0 Å². The molecular weight excluding hydrogens is 238 g/mol. The van der Waals surface area contributed by atoms with E-state index in [1.807, 2.05) is 18.2 Å². The molecule has 19 heavy (non-hydrogen) atoms. The lowest BCUT2D eigenvalue weighted by molar-refractivity contribution is -0.140. The highest BCUT2D eigenvalue weighted by Gasteiger charge is 2.37. The second kappa shape index (κ2) is 3.98. The fraction of sp³-hybridized carbons (Fsp3) is 0.312. The molecule has 0 saturated heterocycles. The number of cyclic esters (lactones) is 1. The summed E-state index contributed by atoms with van der Waals surface area (Å²) in [6, 6.07) is 10.5. The monoisotopic (exact) mass is 255 g/mol. The third-order valence-corrected chi connectivity index (χ3v) is 3.97. The number of benzene rings is 1. The van der Waals surface area contributed by atoms with E-state index in [1.165, 1.54) is 17.0 Å². The van der Waals surface area contributed by atoms with Crippen molar-refractivity contribution in [3.63, 3.8) is 0 Å². The summed E-state index contributed by atoms with van der Waals surface area (Å²) in [5.74, 6) is -0.253. The molecule has 0 radical (unpaired) electrons. The van der Waals surface area contributed by atoms with Crippen LogP contribution in [0.15, 0.2) is 42.5 Å². The van der Waals surface area contributed by atoms with Crippen molar-refractivity contribution in [2.45, 2.75) is 25.4 Å². The Morgan fingerprint density at radius 1 is 1.26 bits per heavy atom. The molecule has 98 valence electrons. The highest BCUT2D eigenvalue weighted by molar-refractivity contribution is 5.85. The number of ether oxygens (including phenoxy) is 1. The smallest absolute Gasteiger partial charge is 0.331 e. The van der Waals surface area contributed by atoms with Gasteiger partial charge in [-0.15, -0.1) is 0 Å². The van der Waals surface area contributed by atoms with Crippen LogP contribution in [-0.4, -0.2) is 16.6 Å². The molecular formula is C16H17NO2. The summed E-state index contributed by atoms with van der Waals surface area (Å²) >= 11 is 0. The number of hydrogen-bond acceptors (Lipinski definition) is 2. The van der Waals surface area contributed by atoms with E-state index < -0.39 is 0 Å². The molecule has 1 aliphatic heterocycles. The van der Waals surface area contributed by atoms with Crippen LogP contribution in [0.1, 0.15) is 19.5 Å². The number of aromatic nitrogens is 1. The number of para-hydroxylation sites is 1. The zero-order valence-electron chi connectivity index (χ0n) is 11.4. The summed E-state index contributed by atoms with van der Waals surface area (Å²) in [6.07, 6.45) is 3.15. The molecule has 1 aromatic carbocycles. The van der Waals surface area contributed by atoms with Gasteiger partial charge in [0.1, 0.15) is 6.10 Å². The molecule has 3 rings (SSSR count). The minimum absolute atomic E-state index is 0.206. The van der Waals surface area contributed by atoms with Gasteiger partial charge in [-0.05, 0) is 23.6 Å². The molecule has 0 saturated carbocycles. The molecule has 1 unspecified atom stereocenters. The SMILES string of the molecule is Cn1c(C(C)(C)C2C=CC(=O)O2)cc2ccccc21. The molecule has 0 N–H and O–H groups in total. The predicted molar refractivity (Wildman–Crippen MR) is 75.0 cm³/mol. The summed E-state index contributed by atoms with van der Waals surface area (Å²) in [6.45, 7) is 4.21. The van der Waals surface area contributed by atoms with Gasteiger partial charge in [0, 0.05) is 29.7 Å². The van der Waals surface area contributed by atoms with Crippen molar-refractivity contribution in [2.75, 3.05) is 0 Å². The number of nitrogens with zero attached hydrogens (tertiary/aromatic N) is 1. The van der Waals surface area contributed by atoms with Gasteiger partial charge in [-0.25, -0.2) is 4.79 Å². The van der Waals surface area contributed by atoms with Crippen LogP contribution < -0.4 is 0 Å². The number of esters is 1. The molecule has 2 heterocycles. The Labute approximate surface area is 112 Å². The summed E-state index contributed by atoms with van der Waals surface area (Å²) < 4.78 is 7.54. The Balaban J connectivity index is 2.10. The molecule has 0 bridgehead atoms. The van der Waals surface area contributed by atoms with Crippen molar-refractivity contribution >= 4 is 16.9 Å². The first-order valence-electron chi connectivity index (χ1n) is 6.44. The molecule has 0 aliphatic carbocycles. The molecule has 0 fully saturated rings. The molecule has 3 nitrogen and oxygen atoms in total. The Bertz CT molecular complexity index is 679. The second-order valence-corrected chi connectivity index (χ2v) is 5.59. The number of hydrogen-bond donors (Lipinski definition) is 0. The van der Waals surface area contributed by atoms with Crippen molar-refractivity contribution < 1.29 is 9.53 Å². The third-order valence-electron chi connectivity index (χ3n) is 3.97. The Hall–Kier alpha value is -2.03. The molecule has 1 aliphatic rings. The minimum atomic E-state index is -0.254. The Kier molecular flexibility index (Phi) is 2.52. The normalized spacial score (nSPS) is 19.1. The van der Waals surface area contributed by atoms with E-state index in [4.69, 9.17) is 4.74 Å². The average molecular weight is 255 g/mol. The zero-order chi connectivity index (χ0) is 13.6. The number of rotatable bonds is 2. The number of fused-ring (bicyclic) bond motifs is 1. The first kappa shape index (κ1) is 12.0. The molecule has 0 spiro atoms. The maximum Gasteiger partial charge on any atom is 0.331 e. The van der Waals surface area contributed by atoms with E-state index in [1.54, 1.807) is 0 Å². The molecule has 2 aromatic rings. The Morgan fingerprint density at radius 3 is 2.63 bits per heavy atom. The first-order chi connectivity index (χ1) is 9.00. The Morgan fingerprint density at radius 2 is 2.00 bits per heavy atom. The van der Waals surface area contributed by atoms with Crippen LogP contribution in [-0.2, 0) is 22.0 Å². The molecule has 3 heteroatoms. The van der Waals surface area contributed by atoms with Gasteiger partial charge < -0.3 is 9.30 Å². The summed E-state index contributed by atoms with van der Waals surface area (Å²) in [5, 5.41) is 1.21. The fourth-order valence-electron chi connectivity index (χ4n) is 2.81. The first-order valence-corrected chi connectivity index (χ1v) is 6.44. The van der Waals surface area contributed by atoms with Gasteiger partial charge in [-0.1, -0.05) is 32.0 Å². The van der Waals surface area contributed by atoms with E-state index >= 15 is 0 Å². The van der Waals surface area contributed by atoms with Crippen LogP contribution >= 0.6 is 0 Å². The quantitative estimate of drug-likeness (QED) is 0.773. The van der Waals surface area contributed by atoms with E-state index in [-0.39, 0.29) is 17.5 Å². The lowest BCUT2D eigenvalue weighted by Gasteiger charge is -2.30. The van der Waals surface area contributed by atoms with E-state index in [2.05, 4.69) is 43.7 Å². The second-order valence-electron chi connectivity index (χ2n) is 5.59. The predicted octanol–water partition coefficient (Wildman–Crippen LogP) is 2.94.